The first-order valence-corrected chi connectivity index (χ1v) is 3.71. The zero-order chi connectivity index (χ0) is 8.69. The van der Waals surface area contributed by atoms with E-state index >= 15 is 0 Å². The summed E-state index contributed by atoms with van der Waals surface area (Å²) in [6, 6.07) is 0. The van der Waals surface area contributed by atoms with Gasteiger partial charge in [-0.15, -0.1) is 0 Å². The van der Waals surface area contributed by atoms with Crippen LogP contribution >= 0.6 is 0 Å². The van der Waals surface area contributed by atoms with E-state index in [9.17, 15) is 0 Å². The van der Waals surface area contributed by atoms with Gasteiger partial charge in [0.05, 0.1) is 5.71 Å². The van der Waals surface area contributed by atoms with Crippen LogP contribution < -0.4 is 0 Å². The van der Waals surface area contributed by atoms with E-state index in [0.717, 1.165) is 11.3 Å². The first-order chi connectivity index (χ1) is 5.26. The quantitative estimate of drug-likeness (QED) is 0.547. The van der Waals surface area contributed by atoms with Crippen molar-refractivity contribution in [1.29, 1.82) is 0 Å². The van der Waals surface area contributed by atoms with E-state index < -0.39 is 0 Å². The second kappa shape index (κ2) is 5.66. The summed E-state index contributed by atoms with van der Waals surface area (Å²) in [5, 5.41) is 0. The summed E-state index contributed by atoms with van der Waals surface area (Å²) in [4.78, 5) is 4.18. The predicted octanol–water partition coefficient (Wildman–Crippen LogP) is 3.11. The van der Waals surface area contributed by atoms with E-state index in [2.05, 4.69) is 11.6 Å². The van der Waals surface area contributed by atoms with Crippen LogP contribution in [-0.2, 0) is 0 Å². The molecule has 1 heteroatoms. The van der Waals surface area contributed by atoms with Crippen LogP contribution in [0.4, 0.5) is 0 Å². The van der Waals surface area contributed by atoms with Gasteiger partial charge >= 0.3 is 0 Å². The summed E-state index contributed by atoms with van der Waals surface area (Å²) in [7, 11) is 0. The van der Waals surface area contributed by atoms with Crippen LogP contribution in [0.25, 0.3) is 0 Å². The minimum atomic E-state index is 0.936. The molecule has 0 N–H and O–H groups in total. The van der Waals surface area contributed by atoms with Crippen molar-refractivity contribution in [3.8, 4) is 0 Å². The molecule has 0 saturated carbocycles. The van der Waals surface area contributed by atoms with Gasteiger partial charge in [-0.25, -0.2) is 0 Å². The molecular weight excluding hydrogens is 134 g/mol. The van der Waals surface area contributed by atoms with Gasteiger partial charge in [0.1, 0.15) is 0 Å². The summed E-state index contributed by atoms with van der Waals surface area (Å²) in [6.45, 7) is 9.63. The Labute approximate surface area is 68.9 Å². The Kier molecular flexibility index (Phi) is 5.09. The van der Waals surface area contributed by atoms with Gasteiger partial charge in [0.15, 0.2) is 0 Å². The van der Waals surface area contributed by atoms with Crippen molar-refractivity contribution < 1.29 is 0 Å². The van der Waals surface area contributed by atoms with Gasteiger partial charge in [-0.05, 0) is 32.4 Å². The zero-order valence-electron chi connectivity index (χ0n) is 7.46. The van der Waals surface area contributed by atoms with Crippen LogP contribution in [0, 0.1) is 0 Å². The van der Waals surface area contributed by atoms with Crippen molar-refractivity contribution in [2.24, 2.45) is 4.99 Å². The second-order valence-corrected chi connectivity index (χ2v) is 2.17. The standard InChI is InChI=1S/C10H15N/c1-5-8-11-10(7-3)9(4)6-2/h5-8H,3H2,1-2,4H3/b8-5-,9-6+,11-10-. The van der Waals surface area contributed by atoms with Crippen molar-refractivity contribution in [1.82, 2.24) is 0 Å². The predicted molar refractivity (Wildman–Crippen MR) is 51.9 cm³/mol. The normalized spacial score (nSPS) is 14.1. The molecule has 60 valence electrons. The maximum atomic E-state index is 4.18. The van der Waals surface area contributed by atoms with E-state index in [1.165, 1.54) is 0 Å². The summed E-state index contributed by atoms with van der Waals surface area (Å²) < 4.78 is 0. The minimum absolute atomic E-state index is 0.936. The second-order valence-electron chi connectivity index (χ2n) is 2.17. The average Bonchev–Trinajstić information content (AvgIpc) is 2.05. The van der Waals surface area contributed by atoms with Gasteiger partial charge in [-0.1, -0.05) is 18.7 Å². The average molecular weight is 149 g/mol. The molecule has 0 atom stereocenters. The number of allylic oxidation sites excluding steroid dienone is 4. The molecule has 0 fully saturated rings. The molecule has 0 bridgehead atoms. The highest BCUT2D eigenvalue weighted by Crippen LogP contribution is 1.98. The molecule has 0 saturated heterocycles. The number of hydrogen-bond donors (Lipinski definition) is 0. The molecule has 0 aliphatic rings. The summed E-state index contributed by atoms with van der Waals surface area (Å²) in [5.74, 6) is 0. The number of nitrogens with zero attached hydrogens (tertiary/aromatic N) is 1. The summed E-state index contributed by atoms with van der Waals surface area (Å²) >= 11 is 0. The lowest BCUT2D eigenvalue weighted by molar-refractivity contribution is 1.46. The van der Waals surface area contributed by atoms with Crippen molar-refractivity contribution in [3.63, 3.8) is 0 Å². The van der Waals surface area contributed by atoms with Gasteiger partial charge in [0.2, 0.25) is 0 Å². The molecule has 0 aliphatic carbocycles. The van der Waals surface area contributed by atoms with Gasteiger partial charge < -0.3 is 0 Å². The lowest BCUT2D eigenvalue weighted by Gasteiger charge is -1.96. The SMILES string of the molecule is C=CC(=N/C=C\C)/C(C)=C/C. The number of rotatable bonds is 3. The van der Waals surface area contributed by atoms with Crippen LogP contribution in [0.2, 0.25) is 0 Å². The Morgan fingerprint density at radius 2 is 2.00 bits per heavy atom. The molecular formula is C10H15N. The fourth-order valence-corrected chi connectivity index (χ4v) is 0.618. The van der Waals surface area contributed by atoms with E-state index in [1.807, 2.05) is 32.9 Å². The Morgan fingerprint density at radius 3 is 2.36 bits per heavy atom. The molecule has 0 rings (SSSR count). The topological polar surface area (TPSA) is 12.4 Å². The zero-order valence-corrected chi connectivity index (χ0v) is 7.46. The Bertz CT molecular complexity index is 207. The van der Waals surface area contributed by atoms with Gasteiger partial charge in [0.25, 0.3) is 0 Å². The first kappa shape index (κ1) is 9.89. The van der Waals surface area contributed by atoms with E-state index in [1.54, 1.807) is 12.3 Å². The number of aliphatic imine (C=N–C) groups is 1. The maximum Gasteiger partial charge on any atom is 0.0649 e. The number of hydrogen-bond acceptors (Lipinski definition) is 1. The molecule has 11 heavy (non-hydrogen) atoms. The molecule has 0 aliphatic heterocycles. The minimum Gasteiger partial charge on any atom is -0.257 e. The highest BCUT2D eigenvalue weighted by molar-refractivity contribution is 6.07. The van der Waals surface area contributed by atoms with Crippen LogP contribution in [0.5, 0.6) is 0 Å². The van der Waals surface area contributed by atoms with Crippen molar-refractivity contribution in [2.75, 3.05) is 0 Å². The molecule has 0 aromatic heterocycles. The largest absolute Gasteiger partial charge is 0.257 e. The van der Waals surface area contributed by atoms with Gasteiger partial charge in [-0.2, -0.15) is 0 Å². The Hall–Kier alpha value is -1.11. The molecule has 0 radical (unpaired) electrons. The van der Waals surface area contributed by atoms with E-state index in [4.69, 9.17) is 0 Å². The highest BCUT2D eigenvalue weighted by atomic mass is 14.7. The molecule has 0 unspecified atom stereocenters. The van der Waals surface area contributed by atoms with Crippen molar-refractivity contribution in [3.05, 3.63) is 36.6 Å². The Balaban J connectivity index is 4.52. The summed E-state index contributed by atoms with van der Waals surface area (Å²) in [6.07, 6.45) is 7.44. The van der Waals surface area contributed by atoms with Crippen molar-refractivity contribution in [2.45, 2.75) is 20.8 Å². The Morgan fingerprint density at radius 1 is 1.36 bits per heavy atom. The molecule has 0 aromatic rings. The third kappa shape index (κ3) is 3.56. The summed E-state index contributed by atoms with van der Waals surface area (Å²) in [5.41, 5.74) is 2.09. The lowest BCUT2D eigenvalue weighted by Crippen LogP contribution is -1.92. The van der Waals surface area contributed by atoms with Crippen LogP contribution in [-0.4, -0.2) is 5.71 Å². The van der Waals surface area contributed by atoms with E-state index in [-0.39, 0.29) is 0 Å². The van der Waals surface area contributed by atoms with Crippen LogP contribution in [0.15, 0.2) is 41.6 Å². The van der Waals surface area contributed by atoms with E-state index in [0.29, 0.717) is 0 Å². The monoisotopic (exact) mass is 149 g/mol. The van der Waals surface area contributed by atoms with Crippen LogP contribution in [0.3, 0.4) is 0 Å². The molecule has 0 amide bonds. The van der Waals surface area contributed by atoms with Gasteiger partial charge in [0, 0.05) is 6.20 Å². The lowest BCUT2D eigenvalue weighted by atomic mass is 10.2. The third-order valence-electron chi connectivity index (χ3n) is 1.39. The fraction of sp³-hybridized carbons (Fsp3) is 0.300. The van der Waals surface area contributed by atoms with Crippen LogP contribution in [0.1, 0.15) is 20.8 Å². The van der Waals surface area contributed by atoms with Crippen molar-refractivity contribution >= 4 is 5.71 Å². The molecule has 1 nitrogen and oxygen atoms in total. The molecule has 0 aromatic carbocycles. The smallest absolute Gasteiger partial charge is 0.0649 e. The fourth-order valence-electron chi connectivity index (χ4n) is 0.618. The highest BCUT2D eigenvalue weighted by Gasteiger charge is 1.91. The van der Waals surface area contributed by atoms with Gasteiger partial charge in [-0.3, -0.25) is 4.99 Å². The molecule has 0 heterocycles. The first-order valence-electron chi connectivity index (χ1n) is 3.71. The third-order valence-corrected chi connectivity index (χ3v) is 1.39. The maximum absolute atomic E-state index is 4.18. The molecule has 0 spiro atoms.